The zero-order valence-corrected chi connectivity index (χ0v) is 13.5. The number of hydroxylamine groups is 1. The maximum atomic E-state index is 11.9. The molecule has 0 aliphatic heterocycles. The summed E-state index contributed by atoms with van der Waals surface area (Å²) in [5, 5.41) is 14.7. The molecule has 0 aliphatic carbocycles. The van der Waals surface area contributed by atoms with E-state index in [1.807, 2.05) is 19.1 Å². The molecule has 0 saturated heterocycles. The van der Waals surface area contributed by atoms with E-state index < -0.39 is 10.1 Å². The highest BCUT2D eigenvalue weighted by Crippen LogP contribution is 2.17. The Bertz CT molecular complexity index is 784. The number of aryl methyl sites for hydroxylation is 1. The predicted molar refractivity (Wildman–Crippen MR) is 82.2 cm³/mol. The van der Waals surface area contributed by atoms with Gasteiger partial charge in [0.25, 0.3) is 0 Å². The van der Waals surface area contributed by atoms with Crippen LogP contribution in [0, 0.1) is 12.1 Å². The monoisotopic (exact) mass is 336 g/mol. The summed E-state index contributed by atoms with van der Waals surface area (Å²) in [6.45, 7) is 1.81. The van der Waals surface area contributed by atoms with Crippen molar-refractivity contribution < 1.29 is 22.3 Å². The zero-order chi connectivity index (χ0) is 16.9. The van der Waals surface area contributed by atoms with Crippen LogP contribution >= 0.6 is 0 Å². The first-order valence-electron chi connectivity index (χ1n) is 6.69. The Balaban J connectivity index is 2.05. The third kappa shape index (κ3) is 4.68. The fourth-order valence-corrected chi connectivity index (χ4v) is 2.46. The van der Waals surface area contributed by atoms with Crippen molar-refractivity contribution in [2.75, 3.05) is 7.11 Å². The van der Waals surface area contributed by atoms with Crippen molar-refractivity contribution in [3.8, 4) is 5.75 Å². The summed E-state index contributed by atoms with van der Waals surface area (Å²) in [5.74, 6) is 0.505. The van der Waals surface area contributed by atoms with Gasteiger partial charge < -0.3 is 9.94 Å². The Morgan fingerprint density at radius 3 is 2.26 bits per heavy atom. The van der Waals surface area contributed by atoms with Gasteiger partial charge in [-0.15, -0.1) is 0 Å². The molecule has 2 rings (SSSR count). The SMILES string of the molecule is COc1ccc(S(=O)(=O)O/N=[N+](\[O-])Cc2ccc(C)cc2)cc1. The van der Waals surface area contributed by atoms with Gasteiger partial charge >= 0.3 is 10.1 Å². The molecule has 0 bridgehead atoms. The molecule has 0 saturated carbocycles. The summed E-state index contributed by atoms with van der Waals surface area (Å²) in [7, 11) is -2.68. The van der Waals surface area contributed by atoms with E-state index in [4.69, 9.17) is 4.74 Å². The minimum Gasteiger partial charge on any atom is -0.597 e. The third-order valence-corrected chi connectivity index (χ3v) is 4.12. The van der Waals surface area contributed by atoms with Crippen molar-refractivity contribution >= 4 is 10.1 Å². The summed E-state index contributed by atoms with van der Waals surface area (Å²) in [5.41, 5.74) is 1.75. The summed E-state index contributed by atoms with van der Waals surface area (Å²) >= 11 is 0. The van der Waals surface area contributed by atoms with Crippen LogP contribution in [0.15, 0.2) is 58.7 Å². The first-order chi connectivity index (χ1) is 10.9. The maximum Gasteiger partial charge on any atom is 0.363 e. The van der Waals surface area contributed by atoms with E-state index in [1.54, 1.807) is 12.1 Å². The van der Waals surface area contributed by atoms with Crippen molar-refractivity contribution in [1.29, 1.82) is 0 Å². The first-order valence-corrected chi connectivity index (χ1v) is 8.10. The molecule has 0 N–H and O–H groups in total. The van der Waals surface area contributed by atoms with Gasteiger partial charge in [-0.2, -0.15) is 8.42 Å². The molecule has 7 nitrogen and oxygen atoms in total. The highest BCUT2D eigenvalue weighted by Gasteiger charge is 2.17. The molecule has 0 aliphatic rings. The summed E-state index contributed by atoms with van der Waals surface area (Å²) < 4.78 is 33.2. The topological polar surface area (TPSA) is 91.0 Å². The Morgan fingerprint density at radius 2 is 1.70 bits per heavy atom. The van der Waals surface area contributed by atoms with Crippen LogP contribution < -0.4 is 4.74 Å². The van der Waals surface area contributed by atoms with Gasteiger partial charge in [0.05, 0.1) is 7.11 Å². The lowest BCUT2D eigenvalue weighted by Crippen LogP contribution is -2.07. The summed E-state index contributed by atoms with van der Waals surface area (Å²) in [6, 6.07) is 12.8. The number of hydrogen-bond acceptors (Lipinski definition) is 6. The number of methoxy groups -OCH3 is 1. The van der Waals surface area contributed by atoms with E-state index >= 15 is 0 Å². The minimum absolute atomic E-state index is 0.113. The quantitative estimate of drug-likeness (QED) is 0.459. The van der Waals surface area contributed by atoms with E-state index in [2.05, 4.69) is 9.56 Å². The van der Waals surface area contributed by atoms with E-state index in [9.17, 15) is 13.6 Å². The number of ether oxygens (including phenoxy) is 1. The van der Waals surface area contributed by atoms with Crippen LogP contribution in [-0.2, 0) is 20.9 Å². The van der Waals surface area contributed by atoms with Crippen LogP contribution in [0.5, 0.6) is 5.75 Å². The summed E-state index contributed by atoms with van der Waals surface area (Å²) in [4.78, 5) is 0.0527. The Kier molecular flexibility index (Phi) is 5.17. The number of nitrogens with zero attached hydrogens (tertiary/aromatic N) is 2. The highest BCUT2D eigenvalue weighted by molar-refractivity contribution is 7.86. The number of hydrogen-bond donors (Lipinski definition) is 0. The summed E-state index contributed by atoms with van der Waals surface area (Å²) in [6.07, 6.45) is 0. The molecular weight excluding hydrogens is 320 g/mol. The predicted octanol–water partition coefficient (Wildman–Crippen LogP) is 2.79. The zero-order valence-electron chi connectivity index (χ0n) is 12.7. The third-order valence-electron chi connectivity index (χ3n) is 3.01. The molecule has 0 fully saturated rings. The van der Waals surface area contributed by atoms with Gasteiger partial charge in [-0.1, -0.05) is 34.7 Å². The van der Waals surface area contributed by atoms with Crippen molar-refractivity contribution in [1.82, 2.24) is 0 Å². The lowest BCUT2D eigenvalue weighted by Gasteiger charge is -2.03. The lowest BCUT2D eigenvalue weighted by molar-refractivity contribution is -0.567. The van der Waals surface area contributed by atoms with Crippen LogP contribution in [0.25, 0.3) is 0 Å². The van der Waals surface area contributed by atoms with Crippen molar-refractivity contribution in [3.63, 3.8) is 0 Å². The van der Waals surface area contributed by atoms with Crippen molar-refractivity contribution in [2.45, 2.75) is 18.4 Å². The lowest BCUT2D eigenvalue weighted by atomic mass is 10.1. The van der Waals surface area contributed by atoms with E-state index in [0.29, 0.717) is 11.3 Å². The van der Waals surface area contributed by atoms with Gasteiger partial charge in [0, 0.05) is 5.56 Å². The van der Waals surface area contributed by atoms with Crippen LogP contribution in [0.1, 0.15) is 11.1 Å². The molecule has 0 aromatic heterocycles. The average molecular weight is 336 g/mol. The van der Waals surface area contributed by atoms with Crippen LogP contribution in [-0.4, -0.2) is 20.4 Å². The molecule has 0 amide bonds. The second-order valence-electron chi connectivity index (χ2n) is 4.78. The molecule has 23 heavy (non-hydrogen) atoms. The molecule has 0 radical (unpaired) electrons. The molecule has 8 heteroatoms. The fraction of sp³-hybridized carbons (Fsp3) is 0.200. The molecule has 0 heterocycles. The van der Waals surface area contributed by atoms with Gasteiger partial charge in [0.1, 0.15) is 10.6 Å². The molecule has 2 aromatic carbocycles. The van der Waals surface area contributed by atoms with Gasteiger partial charge in [0.2, 0.25) is 11.8 Å². The molecule has 0 unspecified atom stereocenters. The second kappa shape index (κ2) is 7.10. The largest absolute Gasteiger partial charge is 0.597 e. The van der Waals surface area contributed by atoms with Gasteiger partial charge in [0.15, 0.2) is 0 Å². The van der Waals surface area contributed by atoms with Crippen molar-refractivity contribution in [2.24, 2.45) is 5.28 Å². The minimum atomic E-state index is -4.14. The number of rotatable bonds is 6. The van der Waals surface area contributed by atoms with Crippen LogP contribution in [0.4, 0.5) is 0 Å². The molecule has 0 atom stereocenters. The standard InChI is InChI=1S/C15H16N2O5S/c1-12-3-5-13(6-4-12)11-17(18)16-22-23(19,20)15-9-7-14(21-2)8-10-15/h3-10H,11H2,1-2H3/b17-16-. The Morgan fingerprint density at radius 1 is 1.09 bits per heavy atom. The maximum absolute atomic E-state index is 11.9. The fourth-order valence-electron chi connectivity index (χ4n) is 1.75. The van der Waals surface area contributed by atoms with Crippen LogP contribution in [0.3, 0.4) is 0 Å². The van der Waals surface area contributed by atoms with Gasteiger partial charge in [-0.3, -0.25) is 0 Å². The molecule has 2 aromatic rings. The van der Waals surface area contributed by atoms with E-state index in [1.165, 1.54) is 31.4 Å². The Labute approximate surface area is 134 Å². The average Bonchev–Trinajstić information content (AvgIpc) is 2.55. The van der Waals surface area contributed by atoms with Gasteiger partial charge in [-0.05, 0) is 31.2 Å². The molecule has 122 valence electrons. The number of benzene rings is 2. The molecular formula is C15H16N2O5S. The van der Waals surface area contributed by atoms with Crippen LogP contribution in [0.2, 0.25) is 0 Å². The Hall–Kier alpha value is -2.61. The van der Waals surface area contributed by atoms with Gasteiger partial charge in [-0.25, -0.2) is 4.28 Å². The second-order valence-corrected chi connectivity index (χ2v) is 6.31. The normalized spacial score (nSPS) is 12.0. The smallest absolute Gasteiger partial charge is 0.363 e. The molecule has 0 spiro atoms. The van der Waals surface area contributed by atoms with Crippen molar-refractivity contribution in [3.05, 3.63) is 64.9 Å². The highest BCUT2D eigenvalue weighted by atomic mass is 32.2. The van der Waals surface area contributed by atoms with E-state index in [-0.39, 0.29) is 16.3 Å². The first kappa shape index (κ1) is 16.8. The van der Waals surface area contributed by atoms with E-state index in [0.717, 1.165) is 5.56 Å².